The van der Waals surface area contributed by atoms with Crippen LogP contribution in [0.2, 0.25) is 4.34 Å². The monoisotopic (exact) mass is 314 g/mol. The third kappa shape index (κ3) is 3.10. The number of nitrogens with one attached hydrogen (secondary N) is 1. The summed E-state index contributed by atoms with van der Waals surface area (Å²) in [5.74, 6) is 0.457. The first kappa shape index (κ1) is 14.8. The van der Waals surface area contributed by atoms with E-state index in [4.69, 9.17) is 11.6 Å². The number of thiophene rings is 1. The molecule has 2 heterocycles. The second-order valence-electron chi connectivity index (χ2n) is 4.32. The van der Waals surface area contributed by atoms with Crippen LogP contribution in [0.1, 0.15) is 23.9 Å². The SMILES string of the molecule is CCCn1nc(C)c([N+](=O)[O-])c1NCc1ccc(Cl)s1. The maximum atomic E-state index is 11.2. The Hall–Kier alpha value is -1.60. The normalized spacial score (nSPS) is 10.8. The summed E-state index contributed by atoms with van der Waals surface area (Å²) < 4.78 is 2.36. The van der Waals surface area contributed by atoms with Gasteiger partial charge in [-0.2, -0.15) is 5.10 Å². The third-order valence-corrected chi connectivity index (χ3v) is 4.00. The van der Waals surface area contributed by atoms with Gasteiger partial charge in [-0.3, -0.25) is 10.1 Å². The fourth-order valence-corrected chi connectivity index (χ4v) is 2.98. The molecule has 108 valence electrons. The molecule has 2 aromatic rings. The molecule has 2 aromatic heterocycles. The predicted octanol–water partition coefficient (Wildman–Crippen LogP) is 3.84. The van der Waals surface area contributed by atoms with E-state index in [2.05, 4.69) is 10.4 Å². The number of aromatic nitrogens is 2. The molecule has 0 saturated heterocycles. The molecular weight excluding hydrogens is 300 g/mol. The van der Waals surface area contributed by atoms with Crippen molar-refractivity contribution in [2.75, 3.05) is 5.32 Å². The van der Waals surface area contributed by atoms with Gasteiger partial charge in [-0.05, 0) is 25.5 Å². The fraction of sp³-hybridized carbons (Fsp3) is 0.417. The van der Waals surface area contributed by atoms with Crippen LogP contribution >= 0.6 is 22.9 Å². The van der Waals surface area contributed by atoms with Gasteiger partial charge in [0.2, 0.25) is 5.82 Å². The summed E-state index contributed by atoms with van der Waals surface area (Å²) in [5.41, 5.74) is 0.469. The Labute approximate surface area is 125 Å². The highest BCUT2D eigenvalue weighted by molar-refractivity contribution is 7.16. The molecule has 0 spiro atoms. The number of halogens is 1. The van der Waals surface area contributed by atoms with Crippen LogP contribution in [0.3, 0.4) is 0 Å². The van der Waals surface area contributed by atoms with Gasteiger partial charge in [-0.25, -0.2) is 4.68 Å². The van der Waals surface area contributed by atoms with E-state index >= 15 is 0 Å². The fourth-order valence-electron chi connectivity index (χ4n) is 1.96. The maximum absolute atomic E-state index is 11.2. The van der Waals surface area contributed by atoms with Crippen LogP contribution in [-0.2, 0) is 13.1 Å². The van der Waals surface area contributed by atoms with Gasteiger partial charge in [0.15, 0.2) is 0 Å². The minimum atomic E-state index is -0.391. The Morgan fingerprint density at radius 1 is 1.55 bits per heavy atom. The lowest BCUT2D eigenvalue weighted by Crippen LogP contribution is -2.08. The van der Waals surface area contributed by atoms with Crippen LogP contribution < -0.4 is 5.32 Å². The van der Waals surface area contributed by atoms with Crippen molar-refractivity contribution in [2.24, 2.45) is 0 Å². The van der Waals surface area contributed by atoms with Gasteiger partial charge in [0.25, 0.3) is 0 Å². The molecule has 2 rings (SSSR count). The number of anilines is 1. The predicted molar refractivity (Wildman–Crippen MR) is 80.6 cm³/mol. The lowest BCUT2D eigenvalue weighted by molar-refractivity contribution is -0.384. The van der Waals surface area contributed by atoms with Crippen LogP contribution in [0.25, 0.3) is 0 Å². The molecular formula is C12H15ClN4O2S. The lowest BCUT2D eigenvalue weighted by Gasteiger charge is -2.07. The van der Waals surface area contributed by atoms with E-state index in [0.29, 0.717) is 28.9 Å². The Morgan fingerprint density at radius 2 is 2.30 bits per heavy atom. The zero-order chi connectivity index (χ0) is 14.7. The van der Waals surface area contributed by atoms with Crippen molar-refractivity contribution < 1.29 is 4.92 Å². The molecule has 0 bridgehead atoms. The number of hydrogen-bond acceptors (Lipinski definition) is 5. The van der Waals surface area contributed by atoms with Crippen molar-refractivity contribution in [3.63, 3.8) is 0 Å². The quantitative estimate of drug-likeness (QED) is 0.649. The van der Waals surface area contributed by atoms with Gasteiger partial charge in [-0.15, -0.1) is 11.3 Å². The number of nitro groups is 1. The van der Waals surface area contributed by atoms with E-state index in [9.17, 15) is 10.1 Å². The molecule has 20 heavy (non-hydrogen) atoms. The molecule has 0 saturated carbocycles. The summed E-state index contributed by atoms with van der Waals surface area (Å²) in [6, 6.07) is 3.71. The zero-order valence-corrected chi connectivity index (χ0v) is 12.8. The molecule has 0 aliphatic carbocycles. The second kappa shape index (κ2) is 6.23. The molecule has 0 fully saturated rings. The van der Waals surface area contributed by atoms with E-state index in [1.165, 1.54) is 11.3 Å². The topological polar surface area (TPSA) is 73.0 Å². The number of rotatable bonds is 6. The summed E-state index contributed by atoms with van der Waals surface area (Å²) in [7, 11) is 0. The highest BCUT2D eigenvalue weighted by Gasteiger charge is 2.24. The highest BCUT2D eigenvalue weighted by Crippen LogP contribution is 2.30. The lowest BCUT2D eigenvalue weighted by atomic mass is 10.3. The molecule has 6 nitrogen and oxygen atoms in total. The number of nitrogens with zero attached hydrogens (tertiary/aromatic N) is 3. The zero-order valence-electron chi connectivity index (χ0n) is 11.2. The average molecular weight is 315 g/mol. The van der Waals surface area contributed by atoms with Crippen molar-refractivity contribution in [3.8, 4) is 0 Å². The molecule has 0 aromatic carbocycles. The van der Waals surface area contributed by atoms with E-state index in [1.807, 2.05) is 19.1 Å². The molecule has 0 aliphatic heterocycles. The summed E-state index contributed by atoms with van der Waals surface area (Å²) in [6.07, 6.45) is 0.859. The summed E-state index contributed by atoms with van der Waals surface area (Å²) in [6.45, 7) is 4.79. The Morgan fingerprint density at radius 3 is 2.85 bits per heavy atom. The highest BCUT2D eigenvalue weighted by atomic mass is 35.5. The molecule has 0 unspecified atom stereocenters. The van der Waals surface area contributed by atoms with Gasteiger partial charge >= 0.3 is 5.69 Å². The molecule has 0 aliphatic rings. The largest absolute Gasteiger partial charge is 0.360 e. The van der Waals surface area contributed by atoms with Crippen LogP contribution in [0.15, 0.2) is 12.1 Å². The maximum Gasteiger partial charge on any atom is 0.333 e. The van der Waals surface area contributed by atoms with Gasteiger partial charge in [0.05, 0.1) is 15.8 Å². The molecule has 0 amide bonds. The van der Waals surface area contributed by atoms with E-state index in [1.54, 1.807) is 11.6 Å². The van der Waals surface area contributed by atoms with Crippen molar-refractivity contribution in [1.29, 1.82) is 0 Å². The van der Waals surface area contributed by atoms with Crippen molar-refractivity contribution >= 4 is 34.4 Å². The smallest absolute Gasteiger partial charge is 0.333 e. The molecule has 0 radical (unpaired) electrons. The standard InChI is InChI=1S/C12H15ClN4O2S/c1-3-6-16-12(11(17(18)19)8(2)15-16)14-7-9-4-5-10(13)20-9/h4-5,14H,3,6-7H2,1-2H3. The van der Waals surface area contributed by atoms with Crippen LogP contribution in [-0.4, -0.2) is 14.7 Å². The summed E-state index contributed by atoms with van der Waals surface area (Å²) >= 11 is 7.32. The molecule has 8 heteroatoms. The summed E-state index contributed by atoms with van der Waals surface area (Å²) in [5, 5.41) is 18.5. The van der Waals surface area contributed by atoms with Gasteiger partial charge in [0.1, 0.15) is 5.69 Å². The van der Waals surface area contributed by atoms with Gasteiger partial charge in [-0.1, -0.05) is 18.5 Å². The Bertz CT molecular complexity index is 623. The number of hydrogen-bond donors (Lipinski definition) is 1. The van der Waals surface area contributed by atoms with Crippen LogP contribution in [0.4, 0.5) is 11.5 Å². The number of aryl methyl sites for hydroxylation is 2. The van der Waals surface area contributed by atoms with Crippen molar-refractivity contribution in [2.45, 2.75) is 33.4 Å². The van der Waals surface area contributed by atoms with Crippen LogP contribution in [0, 0.1) is 17.0 Å². The van der Waals surface area contributed by atoms with Crippen molar-refractivity contribution in [3.05, 3.63) is 37.2 Å². The molecule has 0 atom stereocenters. The van der Waals surface area contributed by atoms with E-state index in [0.717, 1.165) is 11.3 Å². The average Bonchev–Trinajstić information content (AvgIpc) is 2.91. The second-order valence-corrected chi connectivity index (χ2v) is 6.12. The minimum Gasteiger partial charge on any atom is -0.360 e. The van der Waals surface area contributed by atoms with Crippen molar-refractivity contribution in [1.82, 2.24) is 9.78 Å². The van der Waals surface area contributed by atoms with Gasteiger partial charge < -0.3 is 5.32 Å². The summed E-state index contributed by atoms with van der Waals surface area (Å²) in [4.78, 5) is 11.8. The molecule has 1 N–H and O–H groups in total. The minimum absolute atomic E-state index is 0.0427. The van der Waals surface area contributed by atoms with E-state index < -0.39 is 4.92 Å². The Balaban J connectivity index is 2.25. The first-order valence-electron chi connectivity index (χ1n) is 6.22. The van der Waals surface area contributed by atoms with Crippen LogP contribution in [0.5, 0.6) is 0 Å². The third-order valence-electron chi connectivity index (χ3n) is 2.77. The first-order valence-corrected chi connectivity index (χ1v) is 7.42. The van der Waals surface area contributed by atoms with E-state index in [-0.39, 0.29) is 5.69 Å². The first-order chi connectivity index (χ1) is 9.52. The van der Waals surface area contributed by atoms with Gasteiger partial charge in [0, 0.05) is 11.4 Å². The Kier molecular flexibility index (Phi) is 4.61.